The fourth-order valence-electron chi connectivity index (χ4n) is 3.24. The summed E-state index contributed by atoms with van der Waals surface area (Å²) in [6.45, 7) is 7.48. The number of aromatic nitrogens is 1. The van der Waals surface area contributed by atoms with Crippen LogP contribution in [-0.4, -0.2) is 39.2 Å². The number of sulfonamides is 1. The smallest absolute Gasteiger partial charge is 0.272 e. The van der Waals surface area contributed by atoms with E-state index in [4.69, 9.17) is 0 Å². The van der Waals surface area contributed by atoms with Gasteiger partial charge in [0.2, 0.25) is 0 Å². The quantitative estimate of drug-likeness (QED) is 0.605. The van der Waals surface area contributed by atoms with Crippen molar-refractivity contribution in [3.63, 3.8) is 0 Å². The van der Waals surface area contributed by atoms with Crippen LogP contribution in [0.3, 0.4) is 0 Å². The average Bonchev–Trinajstić information content (AvgIpc) is 2.84. The lowest BCUT2D eigenvalue weighted by atomic mass is 10.1. The maximum Gasteiger partial charge on any atom is 0.272 e. The number of nitrogens with zero attached hydrogens (tertiary/aromatic N) is 2. The second kappa shape index (κ2) is 7.75. The van der Waals surface area contributed by atoms with Gasteiger partial charge in [0.15, 0.2) is 21.1 Å². The van der Waals surface area contributed by atoms with E-state index < -0.39 is 10.4 Å². The molecule has 8 heteroatoms. The van der Waals surface area contributed by atoms with Gasteiger partial charge in [0, 0.05) is 43.7 Å². The Labute approximate surface area is 160 Å². The summed E-state index contributed by atoms with van der Waals surface area (Å²) in [5.74, 6) is -0.477. The monoisotopic (exact) mass is 391 g/mol. The van der Waals surface area contributed by atoms with Crippen LogP contribution in [-0.2, 0) is 21.2 Å². The first-order valence-electron chi connectivity index (χ1n) is 8.56. The highest BCUT2D eigenvalue weighted by molar-refractivity contribution is 7.95. The van der Waals surface area contributed by atoms with Gasteiger partial charge in [-0.1, -0.05) is 10.3 Å². The Bertz CT molecular complexity index is 947. The normalized spacial score (nSPS) is 13.5. The van der Waals surface area contributed by atoms with Gasteiger partial charge in [0.1, 0.15) is 5.69 Å². The number of hydrogen-bond donors (Lipinski definition) is 1. The van der Waals surface area contributed by atoms with Crippen LogP contribution < -0.4 is 5.32 Å². The fraction of sp³-hybridized carbons (Fsp3) is 0.368. The third-order valence-corrected chi connectivity index (χ3v) is 6.33. The van der Waals surface area contributed by atoms with Crippen LogP contribution >= 0.6 is 0 Å². The maximum absolute atomic E-state index is 12.9. The summed E-state index contributed by atoms with van der Waals surface area (Å²) in [5.41, 5.74) is 2.69. The lowest BCUT2D eigenvalue weighted by Gasteiger charge is -2.20. The number of Topliss-reactive ketones (excluding diaryl/α,β-unsaturated/α-hetero) is 1. The number of nitrogens with one attached hydrogen (secondary N) is 1. The van der Waals surface area contributed by atoms with Crippen LogP contribution in [0.4, 0.5) is 5.69 Å². The first-order chi connectivity index (χ1) is 12.5. The summed E-state index contributed by atoms with van der Waals surface area (Å²) in [4.78, 5) is 24.9. The summed E-state index contributed by atoms with van der Waals surface area (Å²) >= 11 is 0. The Kier molecular flexibility index (Phi) is 6.04. The molecule has 1 N–H and O–H groups in total. The molecule has 1 aromatic carbocycles. The first kappa shape index (κ1) is 21.0. The average molecular weight is 391 g/mol. The van der Waals surface area contributed by atoms with Gasteiger partial charge in [-0.25, -0.2) is 0 Å². The van der Waals surface area contributed by atoms with E-state index in [-0.39, 0.29) is 16.6 Å². The molecule has 1 atom stereocenters. The molecule has 0 fully saturated rings. The van der Waals surface area contributed by atoms with Crippen molar-refractivity contribution in [1.82, 2.24) is 8.87 Å². The van der Waals surface area contributed by atoms with Gasteiger partial charge in [-0.05, 0) is 45.4 Å². The van der Waals surface area contributed by atoms with E-state index >= 15 is 0 Å². The van der Waals surface area contributed by atoms with Crippen LogP contribution in [0.5, 0.6) is 0 Å². The minimum absolute atomic E-state index is 0.0912. The standard InChI is InChI=1S/C19H25N3O4S/c1-7-22-13(3)17(14(4)23)12(2)18(22)19(24)20-15-9-8-10-16(11-15)27(25,26)21(5)6/h8-11H,7H2,1-6H3,(H-,20,24,25,26). The molecule has 0 radical (unpaired) electrons. The SMILES string of the molecule is CCn1c(C)c(C(C)=O)c(C)c1C(=O)Nc1cccc([S+](=O)([O-])N(C)C)c1. The molecule has 146 valence electrons. The Morgan fingerprint density at radius 3 is 2.41 bits per heavy atom. The highest BCUT2D eigenvalue weighted by Gasteiger charge is 2.26. The van der Waals surface area contributed by atoms with Crippen molar-refractivity contribution in [1.29, 1.82) is 0 Å². The van der Waals surface area contributed by atoms with Gasteiger partial charge >= 0.3 is 0 Å². The highest BCUT2D eigenvalue weighted by atomic mass is 32.3. The summed E-state index contributed by atoms with van der Waals surface area (Å²) in [6.07, 6.45) is 0. The van der Waals surface area contributed by atoms with Crippen molar-refractivity contribution in [3.05, 3.63) is 46.8 Å². The Morgan fingerprint density at radius 1 is 1.26 bits per heavy atom. The van der Waals surface area contributed by atoms with Crippen LogP contribution in [0.25, 0.3) is 0 Å². The molecule has 1 aromatic heterocycles. The summed E-state index contributed by atoms with van der Waals surface area (Å²) in [7, 11) is -0.705. The highest BCUT2D eigenvalue weighted by Crippen LogP contribution is 2.25. The lowest BCUT2D eigenvalue weighted by molar-refractivity contribution is 0.101. The second-order valence-electron chi connectivity index (χ2n) is 6.50. The molecule has 0 aliphatic carbocycles. The van der Waals surface area contributed by atoms with Gasteiger partial charge < -0.3 is 14.4 Å². The summed E-state index contributed by atoms with van der Waals surface area (Å²) < 4.78 is 27.5. The Hall–Kier alpha value is -2.29. The number of carbonyl (C=O) groups excluding carboxylic acids is 2. The zero-order valence-corrected chi connectivity index (χ0v) is 17.3. The van der Waals surface area contributed by atoms with Crippen LogP contribution in [0.15, 0.2) is 29.2 Å². The largest absolute Gasteiger partial charge is 0.593 e. The molecule has 0 aliphatic rings. The van der Waals surface area contributed by atoms with E-state index in [0.717, 1.165) is 10.00 Å². The number of amides is 1. The Morgan fingerprint density at radius 2 is 1.89 bits per heavy atom. The van der Waals surface area contributed by atoms with E-state index in [1.165, 1.54) is 33.2 Å². The van der Waals surface area contributed by atoms with Gasteiger partial charge in [-0.2, -0.15) is 0 Å². The fourth-order valence-corrected chi connectivity index (χ4v) is 4.19. The molecule has 27 heavy (non-hydrogen) atoms. The predicted molar refractivity (Wildman–Crippen MR) is 105 cm³/mol. The molecule has 0 spiro atoms. The van der Waals surface area contributed by atoms with Crippen LogP contribution in [0.1, 0.15) is 46.0 Å². The molecule has 0 bridgehead atoms. The number of rotatable bonds is 6. The molecular weight excluding hydrogens is 366 g/mol. The number of carbonyl (C=O) groups is 2. The molecule has 0 saturated heterocycles. The number of hydrogen-bond acceptors (Lipinski definition) is 4. The lowest BCUT2D eigenvalue weighted by Crippen LogP contribution is -2.29. The first-order valence-corrected chi connectivity index (χ1v) is 10.0. The zero-order valence-electron chi connectivity index (χ0n) is 16.5. The molecule has 0 saturated carbocycles. The van der Waals surface area contributed by atoms with Gasteiger partial charge in [0.25, 0.3) is 5.91 Å². The molecule has 2 aromatic rings. The number of anilines is 1. The van der Waals surface area contributed by atoms with Crippen LogP contribution in [0.2, 0.25) is 0 Å². The van der Waals surface area contributed by atoms with Crippen molar-refractivity contribution in [2.75, 3.05) is 19.4 Å². The third-order valence-electron chi connectivity index (χ3n) is 4.52. The minimum atomic E-state index is -3.60. The number of benzene rings is 1. The van der Waals surface area contributed by atoms with Crippen molar-refractivity contribution < 1.29 is 18.4 Å². The van der Waals surface area contributed by atoms with E-state index in [9.17, 15) is 18.4 Å². The number of ketones is 1. The van der Waals surface area contributed by atoms with E-state index in [1.807, 2.05) is 13.8 Å². The van der Waals surface area contributed by atoms with Crippen molar-refractivity contribution in [2.24, 2.45) is 0 Å². The van der Waals surface area contributed by atoms with E-state index in [2.05, 4.69) is 5.32 Å². The topological polar surface area (TPSA) is 94.5 Å². The van der Waals surface area contributed by atoms with E-state index in [1.54, 1.807) is 23.6 Å². The van der Waals surface area contributed by atoms with Gasteiger partial charge in [-0.15, -0.1) is 4.31 Å². The zero-order chi connectivity index (χ0) is 20.5. The minimum Gasteiger partial charge on any atom is -0.593 e. The Balaban J connectivity index is 2.44. The van der Waals surface area contributed by atoms with Crippen LogP contribution in [0, 0.1) is 13.8 Å². The van der Waals surface area contributed by atoms with Crippen molar-refractivity contribution in [3.8, 4) is 0 Å². The summed E-state index contributed by atoms with van der Waals surface area (Å²) in [6, 6.07) is 6.09. The molecule has 0 aliphatic heterocycles. The predicted octanol–water partition coefficient (Wildman–Crippen LogP) is 3.05. The third kappa shape index (κ3) is 3.87. The maximum atomic E-state index is 12.9. The van der Waals surface area contributed by atoms with E-state index in [0.29, 0.717) is 29.1 Å². The van der Waals surface area contributed by atoms with Crippen molar-refractivity contribution >= 4 is 27.8 Å². The molecule has 7 nitrogen and oxygen atoms in total. The second-order valence-corrected chi connectivity index (χ2v) is 8.66. The molecule has 1 unspecified atom stereocenters. The summed E-state index contributed by atoms with van der Waals surface area (Å²) in [5, 5.41) is 2.75. The molecule has 1 heterocycles. The molecule has 1 amide bonds. The van der Waals surface area contributed by atoms with Crippen molar-refractivity contribution in [2.45, 2.75) is 39.1 Å². The molecule has 2 rings (SSSR count). The van der Waals surface area contributed by atoms with Gasteiger partial charge in [-0.3, -0.25) is 9.59 Å². The molecular formula is C19H25N3O4S. The van der Waals surface area contributed by atoms with Gasteiger partial charge in [0.05, 0.1) is 0 Å².